The number of hydrogen-bond acceptors (Lipinski definition) is 9. The van der Waals surface area contributed by atoms with Crippen LogP contribution in [-0.2, 0) is 4.79 Å². The molecule has 1 aliphatic heterocycles. The molecule has 5 N–H and O–H groups in total. The quantitative estimate of drug-likeness (QED) is 0.280. The molecule has 11 heteroatoms. The van der Waals surface area contributed by atoms with Gasteiger partial charge in [0.1, 0.15) is 11.4 Å². The Bertz CT molecular complexity index is 1320. The summed E-state index contributed by atoms with van der Waals surface area (Å²) in [6, 6.07) is 5.62. The highest BCUT2D eigenvalue weighted by Crippen LogP contribution is 2.39. The Morgan fingerprint density at radius 1 is 1.25 bits per heavy atom. The van der Waals surface area contributed by atoms with Crippen molar-refractivity contribution >= 4 is 51.7 Å². The normalized spacial score (nSPS) is 14.9. The number of amides is 1. The lowest BCUT2D eigenvalue weighted by atomic mass is 10.1. The number of carbonyl (C=O) groups is 1. The summed E-state index contributed by atoms with van der Waals surface area (Å²) in [4.78, 5) is 33.3. The molecule has 3 heterocycles. The molecule has 1 aliphatic rings. The Hall–Kier alpha value is -4.38. The monoisotopic (exact) mass is 489 g/mol. The number of aliphatic imine (C=N–C) groups is 1. The highest BCUT2D eigenvalue weighted by Gasteiger charge is 2.21. The minimum absolute atomic E-state index is 0.301. The van der Waals surface area contributed by atoms with Crippen molar-refractivity contribution in [3.05, 3.63) is 48.9 Å². The maximum atomic E-state index is 12.3. The summed E-state index contributed by atoms with van der Waals surface area (Å²) < 4.78 is 5.72. The van der Waals surface area contributed by atoms with E-state index in [1.165, 1.54) is 12.3 Å². The Morgan fingerprint density at radius 3 is 2.69 bits per heavy atom. The van der Waals surface area contributed by atoms with E-state index in [-0.39, 0.29) is 5.91 Å². The zero-order chi connectivity index (χ0) is 25.7. The van der Waals surface area contributed by atoms with Crippen LogP contribution in [0.3, 0.4) is 0 Å². The summed E-state index contributed by atoms with van der Waals surface area (Å²) in [6.45, 7) is 7.07. The summed E-state index contributed by atoms with van der Waals surface area (Å²) >= 11 is 0. The Kier molecular flexibility index (Phi) is 7.50. The van der Waals surface area contributed by atoms with Crippen molar-refractivity contribution in [2.45, 2.75) is 0 Å². The van der Waals surface area contributed by atoms with Gasteiger partial charge >= 0.3 is 0 Å². The van der Waals surface area contributed by atoms with Gasteiger partial charge in [-0.1, -0.05) is 6.58 Å². The number of fused-ring (bicyclic) bond motifs is 1. The number of nitrogens with one attached hydrogen (secondary N) is 3. The molecule has 4 rings (SSSR count). The van der Waals surface area contributed by atoms with E-state index in [4.69, 9.17) is 15.5 Å². The number of allylic oxidation sites excluding steroid dienone is 1. The van der Waals surface area contributed by atoms with E-state index in [9.17, 15) is 4.79 Å². The smallest absolute Gasteiger partial charge is 0.247 e. The molecule has 0 spiro atoms. The number of hydrogen-bond donors (Lipinski definition) is 4. The van der Waals surface area contributed by atoms with Crippen molar-refractivity contribution in [1.82, 2.24) is 19.9 Å². The molecule has 188 valence electrons. The number of aromatic amines is 1. The summed E-state index contributed by atoms with van der Waals surface area (Å²) in [6.07, 6.45) is 6.14. The lowest BCUT2D eigenvalue weighted by molar-refractivity contribution is -0.111. The van der Waals surface area contributed by atoms with Crippen molar-refractivity contribution in [3.8, 4) is 5.75 Å². The van der Waals surface area contributed by atoms with Gasteiger partial charge in [0, 0.05) is 68.9 Å². The van der Waals surface area contributed by atoms with Crippen LogP contribution in [0.4, 0.5) is 23.0 Å². The fourth-order valence-electron chi connectivity index (χ4n) is 4.09. The predicted molar refractivity (Wildman–Crippen MR) is 145 cm³/mol. The van der Waals surface area contributed by atoms with Crippen LogP contribution < -0.4 is 26.0 Å². The number of carbonyl (C=O) groups excluding carboxylic acids is 1. The second-order valence-corrected chi connectivity index (χ2v) is 8.32. The summed E-state index contributed by atoms with van der Waals surface area (Å²) in [7, 11) is 5.37. The van der Waals surface area contributed by atoms with E-state index >= 15 is 0 Å². The molecule has 1 saturated heterocycles. The Balaban J connectivity index is 1.77. The van der Waals surface area contributed by atoms with E-state index < -0.39 is 0 Å². The highest BCUT2D eigenvalue weighted by molar-refractivity contribution is 6.13. The van der Waals surface area contributed by atoms with Crippen LogP contribution >= 0.6 is 0 Å². The molecular formula is C25H31N9O2. The molecular weight excluding hydrogens is 458 g/mol. The number of rotatable bonds is 8. The van der Waals surface area contributed by atoms with Crippen LogP contribution in [0.15, 0.2) is 48.2 Å². The first-order valence-corrected chi connectivity index (χ1v) is 11.5. The van der Waals surface area contributed by atoms with Gasteiger partial charge in [-0.15, -0.1) is 0 Å². The summed E-state index contributed by atoms with van der Waals surface area (Å²) in [5.41, 5.74) is 9.87. The first kappa shape index (κ1) is 24.7. The second-order valence-electron chi connectivity index (χ2n) is 8.32. The van der Waals surface area contributed by atoms with Crippen LogP contribution in [0, 0.1) is 0 Å². The lowest BCUT2D eigenvalue weighted by Crippen LogP contribution is -2.44. The molecule has 0 aliphatic carbocycles. The van der Waals surface area contributed by atoms with Gasteiger partial charge in [-0.3, -0.25) is 9.79 Å². The maximum Gasteiger partial charge on any atom is 0.247 e. The van der Waals surface area contributed by atoms with Gasteiger partial charge in [-0.25, -0.2) is 4.98 Å². The third-order valence-electron chi connectivity index (χ3n) is 5.99. The van der Waals surface area contributed by atoms with E-state index in [2.05, 4.69) is 49.0 Å². The van der Waals surface area contributed by atoms with Crippen molar-refractivity contribution in [2.75, 3.05) is 62.9 Å². The molecule has 2 aromatic heterocycles. The SMILES string of the molecule is C=CC(=O)Nc1cc(Nc2nc(C(C=NC)=CN)c3cc[nH]c3n2)c(OC)cc1N1CCN(C)CC1. The topological polar surface area (TPSA) is 137 Å². The number of H-pyrrole nitrogens is 1. The van der Waals surface area contributed by atoms with Gasteiger partial charge in [-0.2, -0.15) is 4.98 Å². The van der Waals surface area contributed by atoms with Gasteiger partial charge in [0.25, 0.3) is 0 Å². The van der Waals surface area contributed by atoms with Crippen molar-refractivity contribution < 1.29 is 9.53 Å². The standard InChI is InChI=1S/C25H31N9O2/c1-5-22(35)29-18-12-19(21(36-4)13-20(18)34-10-8-33(3)9-11-34)30-25-31-23(16(14-26)15-27-2)17-6-7-28-24(17)32-25/h5-7,12-15H,1,8-11,26H2,2-4H3,(H,29,35)(H2,28,30,31,32). The van der Waals surface area contributed by atoms with Gasteiger partial charge in [-0.05, 0) is 25.3 Å². The highest BCUT2D eigenvalue weighted by atomic mass is 16.5. The van der Waals surface area contributed by atoms with Gasteiger partial charge in [0.05, 0.1) is 29.9 Å². The van der Waals surface area contributed by atoms with Crippen molar-refractivity contribution in [1.29, 1.82) is 0 Å². The summed E-state index contributed by atoms with van der Waals surface area (Å²) in [5, 5.41) is 6.99. The lowest BCUT2D eigenvalue weighted by Gasteiger charge is -2.35. The molecule has 0 atom stereocenters. The van der Waals surface area contributed by atoms with Gasteiger partial charge in [0.2, 0.25) is 11.9 Å². The van der Waals surface area contributed by atoms with E-state index in [1.54, 1.807) is 26.6 Å². The van der Waals surface area contributed by atoms with Crippen LogP contribution in [-0.4, -0.2) is 79.4 Å². The third-order valence-corrected chi connectivity index (χ3v) is 5.99. The van der Waals surface area contributed by atoms with Crippen molar-refractivity contribution in [2.24, 2.45) is 10.7 Å². The first-order chi connectivity index (χ1) is 17.5. The van der Waals surface area contributed by atoms with E-state index in [1.807, 2.05) is 18.2 Å². The van der Waals surface area contributed by atoms with Gasteiger partial charge < -0.3 is 35.9 Å². The number of nitrogens with zero attached hydrogens (tertiary/aromatic N) is 5. The number of methoxy groups -OCH3 is 1. The zero-order valence-corrected chi connectivity index (χ0v) is 20.7. The van der Waals surface area contributed by atoms with Crippen LogP contribution in [0.5, 0.6) is 5.75 Å². The fraction of sp³-hybridized carbons (Fsp3) is 0.280. The van der Waals surface area contributed by atoms with E-state index in [0.29, 0.717) is 40.0 Å². The molecule has 1 fully saturated rings. The number of benzene rings is 1. The molecule has 1 aromatic carbocycles. The number of nitrogens with two attached hydrogens (primary N) is 1. The average Bonchev–Trinajstić information content (AvgIpc) is 3.36. The molecule has 0 saturated carbocycles. The first-order valence-electron chi connectivity index (χ1n) is 11.5. The predicted octanol–water partition coefficient (Wildman–Crippen LogP) is 2.59. The number of anilines is 4. The second kappa shape index (κ2) is 10.9. The Morgan fingerprint density at radius 2 is 2.03 bits per heavy atom. The largest absolute Gasteiger partial charge is 0.494 e. The minimum Gasteiger partial charge on any atom is -0.494 e. The Labute approximate surface area is 209 Å². The number of likely N-dealkylation sites (N-methyl/N-ethyl adjacent to an activating group) is 1. The third kappa shape index (κ3) is 5.15. The molecule has 0 unspecified atom stereocenters. The van der Waals surface area contributed by atoms with Crippen LogP contribution in [0.1, 0.15) is 5.69 Å². The molecule has 3 aromatic rings. The van der Waals surface area contributed by atoms with Crippen molar-refractivity contribution in [3.63, 3.8) is 0 Å². The number of piperazine rings is 1. The minimum atomic E-state index is -0.301. The van der Waals surface area contributed by atoms with E-state index in [0.717, 1.165) is 37.3 Å². The fourth-order valence-corrected chi connectivity index (χ4v) is 4.09. The average molecular weight is 490 g/mol. The zero-order valence-electron chi connectivity index (χ0n) is 20.7. The van der Waals surface area contributed by atoms with Gasteiger partial charge in [0.15, 0.2) is 0 Å². The molecule has 0 bridgehead atoms. The molecule has 36 heavy (non-hydrogen) atoms. The number of ether oxygens (including phenoxy) is 1. The summed E-state index contributed by atoms with van der Waals surface area (Å²) in [5.74, 6) is 0.613. The number of aromatic nitrogens is 3. The molecule has 11 nitrogen and oxygen atoms in total. The maximum absolute atomic E-state index is 12.3. The van der Waals surface area contributed by atoms with Crippen LogP contribution in [0.25, 0.3) is 16.6 Å². The molecule has 0 radical (unpaired) electrons. The van der Waals surface area contributed by atoms with Crippen LogP contribution in [0.2, 0.25) is 0 Å². The molecule has 1 amide bonds.